The fraction of sp³-hybridized carbons (Fsp3) is 0.136. The van der Waals surface area contributed by atoms with Crippen LogP contribution in [0.15, 0.2) is 36.4 Å². The molecule has 32 heavy (non-hydrogen) atoms. The van der Waals surface area contributed by atoms with E-state index in [2.05, 4.69) is 0 Å². The van der Waals surface area contributed by atoms with Gasteiger partial charge < -0.3 is 45.6 Å². The largest absolute Gasteiger partial charge is 0.508 e. The van der Waals surface area contributed by atoms with Crippen LogP contribution >= 0.6 is 0 Å². The fourth-order valence-electron chi connectivity index (χ4n) is 3.96. The fourth-order valence-corrected chi connectivity index (χ4v) is 3.96. The number of carboxylic acids is 1. The minimum absolute atomic E-state index is 0.0793. The highest BCUT2D eigenvalue weighted by Gasteiger charge is 2.39. The quantitative estimate of drug-likeness (QED) is 0.280. The molecule has 0 spiro atoms. The van der Waals surface area contributed by atoms with Gasteiger partial charge in [-0.1, -0.05) is 6.07 Å². The van der Waals surface area contributed by atoms with Crippen LogP contribution in [0.1, 0.15) is 39.1 Å². The summed E-state index contributed by atoms with van der Waals surface area (Å²) in [5.74, 6) is -6.64. The molecule has 0 aromatic heterocycles. The Morgan fingerprint density at radius 2 is 1.53 bits per heavy atom. The van der Waals surface area contributed by atoms with Crippen molar-refractivity contribution in [2.75, 3.05) is 0 Å². The summed E-state index contributed by atoms with van der Waals surface area (Å²) in [6.45, 7) is 0. The van der Waals surface area contributed by atoms with Crippen molar-refractivity contribution in [2.24, 2.45) is 0 Å². The molecule has 4 rings (SSSR count). The maximum Gasteiger partial charge on any atom is 0.336 e. The smallest absolute Gasteiger partial charge is 0.336 e. The third kappa shape index (κ3) is 3.27. The molecule has 0 unspecified atom stereocenters. The van der Waals surface area contributed by atoms with Gasteiger partial charge in [0.15, 0.2) is 23.0 Å². The molecule has 0 amide bonds. The standard InChI is InChI=1S/C22H18O10/c23-9-4-14(25)10-6-11(18-12(22(30)31)7-16(27)19(28)20(18)29)21(32-17(10)5-9)8-1-2-13(24)15(26)3-8/h1-5,7,11,21,23-29H,6H2,(H,30,31)/t11-,21-/m0/s1. The molecule has 166 valence electrons. The summed E-state index contributed by atoms with van der Waals surface area (Å²) in [4.78, 5) is 11.9. The first-order valence-electron chi connectivity index (χ1n) is 9.33. The van der Waals surface area contributed by atoms with Gasteiger partial charge in [0.25, 0.3) is 0 Å². The van der Waals surface area contributed by atoms with Gasteiger partial charge in [-0.3, -0.25) is 0 Å². The third-order valence-corrected chi connectivity index (χ3v) is 5.44. The van der Waals surface area contributed by atoms with Crippen molar-refractivity contribution in [3.63, 3.8) is 0 Å². The Hall–Kier alpha value is -4.47. The van der Waals surface area contributed by atoms with Gasteiger partial charge in [0.05, 0.1) is 5.56 Å². The van der Waals surface area contributed by atoms with Crippen LogP contribution in [0.2, 0.25) is 0 Å². The molecule has 0 fully saturated rings. The lowest BCUT2D eigenvalue weighted by Crippen LogP contribution is -2.26. The van der Waals surface area contributed by atoms with E-state index in [0.29, 0.717) is 0 Å². The molecule has 0 radical (unpaired) electrons. The van der Waals surface area contributed by atoms with Crippen LogP contribution in [-0.2, 0) is 6.42 Å². The second-order valence-corrected chi connectivity index (χ2v) is 7.40. The molecule has 0 bridgehead atoms. The van der Waals surface area contributed by atoms with E-state index in [-0.39, 0.29) is 40.4 Å². The van der Waals surface area contributed by atoms with Crippen LogP contribution in [0.3, 0.4) is 0 Å². The Labute approximate surface area is 180 Å². The van der Waals surface area contributed by atoms with Crippen molar-refractivity contribution in [1.82, 2.24) is 0 Å². The lowest BCUT2D eigenvalue weighted by Gasteiger charge is -2.35. The number of phenols is 7. The highest BCUT2D eigenvalue weighted by Crippen LogP contribution is 2.53. The summed E-state index contributed by atoms with van der Waals surface area (Å²) in [6, 6.07) is 6.86. The SMILES string of the molecule is O=C(O)c1cc(O)c(O)c(O)c1[C@@H]1Cc2c(O)cc(O)cc2O[C@H]1c1ccc(O)c(O)c1. The first-order valence-corrected chi connectivity index (χ1v) is 9.33. The van der Waals surface area contributed by atoms with E-state index >= 15 is 0 Å². The number of hydrogen-bond donors (Lipinski definition) is 8. The van der Waals surface area contributed by atoms with Gasteiger partial charge in [-0.25, -0.2) is 4.79 Å². The van der Waals surface area contributed by atoms with Gasteiger partial charge in [0, 0.05) is 29.2 Å². The monoisotopic (exact) mass is 442 g/mol. The Kier molecular flexibility index (Phi) is 4.77. The number of aromatic carboxylic acids is 1. The number of phenolic OH excluding ortho intramolecular Hbond substituents is 7. The topological polar surface area (TPSA) is 188 Å². The maximum absolute atomic E-state index is 11.9. The number of fused-ring (bicyclic) bond motifs is 1. The van der Waals surface area contributed by atoms with Crippen LogP contribution in [0.25, 0.3) is 0 Å². The predicted molar refractivity (Wildman–Crippen MR) is 108 cm³/mol. The van der Waals surface area contributed by atoms with E-state index in [1.807, 2.05) is 0 Å². The highest BCUT2D eigenvalue weighted by molar-refractivity contribution is 5.92. The van der Waals surface area contributed by atoms with Gasteiger partial charge in [-0.2, -0.15) is 0 Å². The molecular formula is C22H18O10. The number of ether oxygens (including phenoxy) is 1. The summed E-state index contributed by atoms with van der Waals surface area (Å²) in [5.41, 5.74) is -0.318. The van der Waals surface area contributed by atoms with Crippen molar-refractivity contribution in [1.29, 1.82) is 0 Å². The first-order chi connectivity index (χ1) is 15.1. The van der Waals surface area contributed by atoms with Crippen molar-refractivity contribution in [3.05, 3.63) is 58.7 Å². The molecule has 3 aromatic rings. The Balaban J connectivity index is 1.98. The lowest BCUT2D eigenvalue weighted by atomic mass is 9.79. The summed E-state index contributed by atoms with van der Waals surface area (Å²) in [6.07, 6.45) is -1.20. The summed E-state index contributed by atoms with van der Waals surface area (Å²) in [5, 5.41) is 79.8. The third-order valence-electron chi connectivity index (χ3n) is 5.44. The zero-order valence-electron chi connectivity index (χ0n) is 16.2. The van der Waals surface area contributed by atoms with E-state index < -0.39 is 52.3 Å². The molecule has 10 heteroatoms. The molecule has 2 atom stereocenters. The summed E-state index contributed by atoms with van der Waals surface area (Å²) in [7, 11) is 0. The molecule has 1 heterocycles. The number of aromatic hydroxyl groups is 7. The van der Waals surface area contributed by atoms with E-state index in [1.54, 1.807) is 0 Å². The highest BCUT2D eigenvalue weighted by atomic mass is 16.5. The zero-order valence-corrected chi connectivity index (χ0v) is 16.2. The van der Waals surface area contributed by atoms with E-state index in [1.165, 1.54) is 24.3 Å². The first kappa shape index (κ1) is 20.8. The molecule has 8 N–H and O–H groups in total. The molecule has 10 nitrogen and oxygen atoms in total. The molecule has 0 saturated heterocycles. The summed E-state index contributed by atoms with van der Waals surface area (Å²) >= 11 is 0. The van der Waals surface area contributed by atoms with Gasteiger partial charge in [-0.15, -0.1) is 0 Å². The van der Waals surface area contributed by atoms with E-state index in [0.717, 1.165) is 12.1 Å². The Morgan fingerprint density at radius 3 is 2.19 bits per heavy atom. The normalized spacial score (nSPS) is 17.4. The lowest BCUT2D eigenvalue weighted by molar-refractivity contribution is 0.0691. The minimum Gasteiger partial charge on any atom is -0.508 e. The Morgan fingerprint density at radius 1 is 0.812 bits per heavy atom. The van der Waals surface area contributed by atoms with Crippen LogP contribution in [0.4, 0.5) is 0 Å². The molecule has 1 aliphatic heterocycles. The molecule has 1 aliphatic rings. The molecule has 3 aromatic carbocycles. The van der Waals surface area contributed by atoms with Crippen LogP contribution < -0.4 is 4.74 Å². The Bertz CT molecular complexity index is 1250. The number of benzene rings is 3. The van der Waals surface area contributed by atoms with Crippen LogP contribution in [0, 0.1) is 0 Å². The van der Waals surface area contributed by atoms with Crippen molar-refractivity contribution >= 4 is 5.97 Å². The van der Waals surface area contributed by atoms with E-state index in [4.69, 9.17) is 4.74 Å². The second-order valence-electron chi connectivity index (χ2n) is 7.40. The number of hydrogen-bond acceptors (Lipinski definition) is 9. The van der Waals surface area contributed by atoms with E-state index in [9.17, 15) is 45.6 Å². The van der Waals surface area contributed by atoms with Crippen LogP contribution in [0.5, 0.6) is 46.0 Å². The van der Waals surface area contributed by atoms with Crippen molar-refractivity contribution in [3.8, 4) is 46.0 Å². The van der Waals surface area contributed by atoms with Gasteiger partial charge in [-0.05, 0) is 30.2 Å². The second kappa shape index (κ2) is 7.34. The minimum atomic E-state index is -1.50. The molecule has 0 saturated carbocycles. The maximum atomic E-state index is 11.9. The number of carboxylic acid groups (broad SMARTS) is 1. The predicted octanol–water partition coefficient (Wildman–Crippen LogP) is 2.78. The molecule has 0 aliphatic carbocycles. The number of carbonyl (C=O) groups is 1. The average molecular weight is 442 g/mol. The van der Waals surface area contributed by atoms with Gasteiger partial charge >= 0.3 is 5.97 Å². The van der Waals surface area contributed by atoms with Gasteiger partial charge in [0.1, 0.15) is 23.4 Å². The van der Waals surface area contributed by atoms with Crippen molar-refractivity contribution in [2.45, 2.75) is 18.4 Å². The average Bonchev–Trinajstić information content (AvgIpc) is 2.73. The van der Waals surface area contributed by atoms with Crippen LogP contribution in [-0.4, -0.2) is 46.8 Å². The zero-order chi connectivity index (χ0) is 23.3. The van der Waals surface area contributed by atoms with Crippen molar-refractivity contribution < 1.29 is 50.4 Å². The van der Waals surface area contributed by atoms with Gasteiger partial charge in [0.2, 0.25) is 5.75 Å². The summed E-state index contributed by atoms with van der Waals surface area (Å²) < 4.78 is 5.94. The molecular weight excluding hydrogens is 424 g/mol. The number of rotatable bonds is 3.